The van der Waals surface area contributed by atoms with Crippen LogP contribution in [0.5, 0.6) is 5.75 Å². The summed E-state index contributed by atoms with van der Waals surface area (Å²) in [7, 11) is 1.99. The molecule has 1 unspecified atom stereocenters. The highest BCUT2D eigenvalue weighted by Crippen LogP contribution is 2.22. The highest BCUT2D eigenvalue weighted by Gasteiger charge is 2.10. The number of hydrogen-bond donors (Lipinski definition) is 5. The van der Waals surface area contributed by atoms with Crippen LogP contribution in [0.1, 0.15) is 59.7 Å². The molecule has 0 heterocycles. The molecule has 0 saturated carbocycles. The van der Waals surface area contributed by atoms with E-state index in [1.54, 1.807) is 24.3 Å². The van der Waals surface area contributed by atoms with Crippen LogP contribution in [-0.2, 0) is 11.3 Å². The van der Waals surface area contributed by atoms with Crippen molar-refractivity contribution in [3.05, 3.63) is 59.2 Å². The summed E-state index contributed by atoms with van der Waals surface area (Å²) in [5.41, 5.74) is 7.92. The number of carbonyl (C=O) groups is 1. The van der Waals surface area contributed by atoms with Gasteiger partial charge in [-0.05, 0) is 61.7 Å². The SMILES string of the molecule is CN(CCCOCCCCCCNCC(O)c1ccc(O)c(CO)c1)c1cccc(C(N)=O)c1. The Labute approximate surface area is 202 Å². The van der Waals surface area contributed by atoms with Crippen molar-refractivity contribution in [1.82, 2.24) is 5.32 Å². The normalized spacial score (nSPS) is 12.0. The number of nitrogens with zero attached hydrogens (tertiary/aromatic N) is 1. The van der Waals surface area contributed by atoms with Crippen LogP contribution in [0, 0.1) is 0 Å². The van der Waals surface area contributed by atoms with Gasteiger partial charge in [0.25, 0.3) is 0 Å². The molecule has 1 atom stereocenters. The van der Waals surface area contributed by atoms with Crippen LogP contribution >= 0.6 is 0 Å². The van der Waals surface area contributed by atoms with E-state index in [1.165, 1.54) is 6.07 Å². The number of phenols is 1. The lowest BCUT2D eigenvalue weighted by molar-refractivity contribution is 0.1000. The van der Waals surface area contributed by atoms with Gasteiger partial charge in [-0.2, -0.15) is 0 Å². The van der Waals surface area contributed by atoms with Crippen molar-refractivity contribution in [2.45, 2.75) is 44.8 Å². The number of unbranched alkanes of at least 4 members (excludes halogenated alkanes) is 3. The number of amides is 1. The van der Waals surface area contributed by atoms with Gasteiger partial charge in [-0.25, -0.2) is 0 Å². The Morgan fingerprint density at radius 3 is 2.62 bits per heavy atom. The molecule has 0 fully saturated rings. The van der Waals surface area contributed by atoms with Crippen LogP contribution < -0.4 is 16.0 Å². The van der Waals surface area contributed by atoms with Crippen LogP contribution in [0.25, 0.3) is 0 Å². The Bertz CT molecular complexity index is 877. The van der Waals surface area contributed by atoms with Crippen molar-refractivity contribution in [3.63, 3.8) is 0 Å². The van der Waals surface area contributed by atoms with E-state index < -0.39 is 12.0 Å². The van der Waals surface area contributed by atoms with E-state index in [9.17, 15) is 20.1 Å². The smallest absolute Gasteiger partial charge is 0.248 e. The maximum atomic E-state index is 11.3. The Kier molecular flexibility index (Phi) is 12.4. The second kappa shape index (κ2) is 15.3. The highest BCUT2D eigenvalue weighted by molar-refractivity contribution is 5.93. The van der Waals surface area contributed by atoms with Gasteiger partial charge >= 0.3 is 0 Å². The zero-order chi connectivity index (χ0) is 24.8. The first-order valence-corrected chi connectivity index (χ1v) is 11.9. The summed E-state index contributed by atoms with van der Waals surface area (Å²) < 4.78 is 5.73. The molecule has 6 N–H and O–H groups in total. The van der Waals surface area contributed by atoms with Crippen LogP contribution in [0.15, 0.2) is 42.5 Å². The summed E-state index contributed by atoms with van der Waals surface area (Å²) in [6, 6.07) is 12.1. The van der Waals surface area contributed by atoms with E-state index in [-0.39, 0.29) is 12.4 Å². The highest BCUT2D eigenvalue weighted by atomic mass is 16.5. The van der Waals surface area contributed by atoms with Crippen LogP contribution in [0.3, 0.4) is 0 Å². The number of nitrogens with one attached hydrogen (secondary N) is 1. The number of hydrogen-bond acceptors (Lipinski definition) is 7. The Morgan fingerprint density at radius 1 is 1.09 bits per heavy atom. The third kappa shape index (κ3) is 9.69. The number of rotatable bonds is 17. The molecule has 2 rings (SSSR count). The molecule has 0 saturated heterocycles. The molecule has 0 bridgehead atoms. The van der Waals surface area contributed by atoms with E-state index in [4.69, 9.17) is 10.5 Å². The molecule has 0 aliphatic rings. The molecule has 34 heavy (non-hydrogen) atoms. The molecule has 8 heteroatoms. The minimum Gasteiger partial charge on any atom is -0.508 e. The zero-order valence-electron chi connectivity index (χ0n) is 20.1. The number of aliphatic hydroxyl groups excluding tert-OH is 2. The van der Waals surface area contributed by atoms with E-state index in [0.29, 0.717) is 29.8 Å². The lowest BCUT2D eigenvalue weighted by Gasteiger charge is -2.19. The number of ether oxygens (including phenoxy) is 1. The van der Waals surface area contributed by atoms with Gasteiger partial charge in [0.05, 0.1) is 12.7 Å². The fourth-order valence-corrected chi connectivity index (χ4v) is 3.64. The van der Waals surface area contributed by atoms with Crippen molar-refractivity contribution >= 4 is 11.6 Å². The summed E-state index contributed by atoms with van der Waals surface area (Å²) in [6.07, 6.45) is 4.48. The number of aromatic hydroxyl groups is 1. The van der Waals surface area contributed by atoms with Crippen LogP contribution in [0.2, 0.25) is 0 Å². The second-order valence-corrected chi connectivity index (χ2v) is 8.48. The average molecular weight is 474 g/mol. The van der Waals surface area contributed by atoms with Gasteiger partial charge in [-0.1, -0.05) is 25.0 Å². The fourth-order valence-electron chi connectivity index (χ4n) is 3.64. The quantitative estimate of drug-likeness (QED) is 0.224. The number of anilines is 1. The van der Waals surface area contributed by atoms with Crippen molar-refractivity contribution in [1.29, 1.82) is 0 Å². The molecule has 0 aromatic heterocycles. The number of aliphatic hydroxyl groups is 2. The number of primary amides is 1. The van der Waals surface area contributed by atoms with Gasteiger partial charge in [-0.15, -0.1) is 0 Å². The first-order valence-electron chi connectivity index (χ1n) is 11.9. The maximum Gasteiger partial charge on any atom is 0.248 e. The Balaban J connectivity index is 1.45. The summed E-state index contributed by atoms with van der Waals surface area (Å²) >= 11 is 0. The molecule has 1 amide bonds. The largest absolute Gasteiger partial charge is 0.508 e. The zero-order valence-corrected chi connectivity index (χ0v) is 20.1. The van der Waals surface area contributed by atoms with Crippen molar-refractivity contribution in [2.75, 3.05) is 44.8 Å². The van der Waals surface area contributed by atoms with Gasteiger partial charge in [0.2, 0.25) is 5.91 Å². The summed E-state index contributed by atoms with van der Waals surface area (Å²) in [5.74, 6) is -0.381. The molecule has 2 aromatic carbocycles. The van der Waals surface area contributed by atoms with Crippen molar-refractivity contribution in [3.8, 4) is 5.75 Å². The van der Waals surface area contributed by atoms with E-state index >= 15 is 0 Å². The van der Waals surface area contributed by atoms with Gasteiger partial charge < -0.3 is 36.0 Å². The molecule has 188 valence electrons. The molecule has 0 radical (unpaired) electrons. The third-order valence-corrected chi connectivity index (χ3v) is 5.74. The molecule has 0 spiro atoms. The monoisotopic (exact) mass is 473 g/mol. The number of nitrogens with two attached hydrogens (primary N) is 1. The minimum atomic E-state index is -0.676. The van der Waals surface area contributed by atoms with Crippen molar-refractivity contribution < 1.29 is 24.9 Å². The van der Waals surface area contributed by atoms with E-state index in [1.807, 2.05) is 19.2 Å². The predicted molar refractivity (Wildman–Crippen MR) is 134 cm³/mol. The average Bonchev–Trinajstić information content (AvgIpc) is 2.84. The van der Waals surface area contributed by atoms with Gasteiger partial charge in [-0.3, -0.25) is 4.79 Å². The first kappa shape index (κ1) is 27.6. The Hall–Kier alpha value is -2.65. The Morgan fingerprint density at radius 2 is 1.85 bits per heavy atom. The lowest BCUT2D eigenvalue weighted by atomic mass is 10.1. The second-order valence-electron chi connectivity index (χ2n) is 8.48. The summed E-state index contributed by atoms with van der Waals surface area (Å²) in [5, 5.41) is 32.3. The van der Waals surface area contributed by atoms with E-state index in [0.717, 1.165) is 57.5 Å². The van der Waals surface area contributed by atoms with E-state index in [2.05, 4.69) is 10.2 Å². The first-order chi connectivity index (χ1) is 16.4. The van der Waals surface area contributed by atoms with Gasteiger partial charge in [0, 0.05) is 50.2 Å². The fraction of sp³-hybridized carbons (Fsp3) is 0.500. The maximum absolute atomic E-state index is 11.3. The lowest BCUT2D eigenvalue weighted by Crippen LogP contribution is -2.22. The molecular weight excluding hydrogens is 434 g/mol. The minimum absolute atomic E-state index is 0.0371. The predicted octanol–water partition coefficient (Wildman–Crippen LogP) is 2.71. The van der Waals surface area contributed by atoms with Gasteiger partial charge in [0.1, 0.15) is 5.75 Å². The molecule has 0 aliphatic heterocycles. The third-order valence-electron chi connectivity index (χ3n) is 5.74. The van der Waals surface area contributed by atoms with Crippen LogP contribution in [0.4, 0.5) is 5.69 Å². The van der Waals surface area contributed by atoms with Gasteiger partial charge in [0.15, 0.2) is 0 Å². The topological polar surface area (TPSA) is 128 Å². The standard InChI is InChI=1S/C26H39N3O5/c1-29(23-9-6-8-21(17-23)26(27)33)13-7-15-34-14-5-3-2-4-12-28-18-25(32)20-10-11-24(31)22(16-20)19-30/h6,8-11,16-17,25,28,30-32H,2-5,7,12-15,18-19H2,1H3,(H2,27,33). The summed E-state index contributed by atoms with van der Waals surface area (Å²) in [6.45, 7) is 3.29. The van der Waals surface area contributed by atoms with Crippen LogP contribution in [-0.4, -0.2) is 61.1 Å². The number of benzene rings is 2. The molecule has 0 aliphatic carbocycles. The number of carbonyl (C=O) groups excluding carboxylic acids is 1. The van der Waals surface area contributed by atoms with Crippen molar-refractivity contribution in [2.24, 2.45) is 5.73 Å². The molecular formula is C26H39N3O5. The molecule has 8 nitrogen and oxygen atoms in total. The molecule has 2 aromatic rings. The summed E-state index contributed by atoms with van der Waals surface area (Å²) in [4.78, 5) is 13.4.